The second-order valence-electron chi connectivity index (χ2n) is 7.91. The summed E-state index contributed by atoms with van der Waals surface area (Å²) in [5.41, 5.74) is 1.09. The zero-order valence-electron chi connectivity index (χ0n) is 16.4. The third-order valence-corrected chi connectivity index (χ3v) is 8.08. The predicted octanol–water partition coefficient (Wildman–Crippen LogP) is 2.42. The molecule has 8 heteroatoms. The first kappa shape index (κ1) is 19.8. The molecule has 3 rings (SSSR count). The normalized spacial score (nSPS) is 27.3. The molecule has 0 bridgehead atoms. The average molecular weight is 385 g/mol. The van der Waals surface area contributed by atoms with E-state index >= 15 is 0 Å². The van der Waals surface area contributed by atoms with Crippen molar-refractivity contribution in [1.29, 1.82) is 0 Å². The van der Waals surface area contributed by atoms with Gasteiger partial charge in [0.05, 0.1) is 12.2 Å². The zero-order chi connectivity index (χ0) is 18.9. The molecule has 1 saturated heterocycles. The molecule has 2 atom stereocenters. The molecule has 1 saturated carbocycles. The smallest absolute Gasteiger partial charge is 0.281 e. The van der Waals surface area contributed by atoms with E-state index in [0.717, 1.165) is 11.5 Å². The molecule has 2 aliphatic rings. The first-order valence-electron chi connectivity index (χ1n) is 9.69. The monoisotopic (exact) mass is 384 g/mol. The predicted molar refractivity (Wildman–Crippen MR) is 101 cm³/mol. The molecule has 1 aromatic rings. The van der Waals surface area contributed by atoms with Crippen LogP contribution in [0.4, 0.5) is 0 Å². The lowest BCUT2D eigenvalue weighted by Crippen LogP contribution is -2.60. The van der Waals surface area contributed by atoms with Gasteiger partial charge in [-0.1, -0.05) is 24.4 Å². The lowest BCUT2D eigenvalue weighted by Gasteiger charge is -2.44. The summed E-state index contributed by atoms with van der Waals surface area (Å²) in [5.74, 6) is 1.42. The van der Waals surface area contributed by atoms with Gasteiger partial charge in [0.15, 0.2) is 5.76 Å². The minimum atomic E-state index is -3.38. The fraction of sp³-hybridized carbons (Fsp3) is 0.833. The van der Waals surface area contributed by atoms with E-state index < -0.39 is 10.2 Å². The van der Waals surface area contributed by atoms with Crippen LogP contribution in [0.15, 0.2) is 10.6 Å². The van der Waals surface area contributed by atoms with Gasteiger partial charge in [-0.25, -0.2) is 0 Å². The number of aromatic nitrogens is 1. The number of hydrogen-bond donors (Lipinski definition) is 0. The Morgan fingerprint density at radius 1 is 1.15 bits per heavy atom. The van der Waals surface area contributed by atoms with Gasteiger partial charge in [-0.05, 0) is 26.7 Å². The minimum Gasteiger partial charge on any atom is -0.360 e. The fourth-order valence-corrected chi connectivity index (χ4v) is 5.46. The minimum absolute atomic E-state index is 0.0862. The number of nitrogens with zero attached hydrogens (tertiary/aromatic N) is 4. The lowest BCUT2D eigenvalue weighted by molar-refractivity contribution is 0.0683. The maximum Gasteiger partial charge on any atom is 0.281 e. The van der Waals surface area contributed by atoms with Crippen LogP contribution in [0.3, 0.4) is 0 Å². The Labute approximate surface area is 157 Å². The Hall–Kier alpha value is -0.960. The van der Waals surface area contributed by atoms with Crippen molar-refractivity contribution in [3.8, 4) is 0 Å². The van der Waals surface area contributed by atoms with Gasteiger partial charge in [-0.2, -0.15) is 17.0 Å². The summed E-state index contributed by atoms with van der Waals surface area (Å²) in [6, 6.07) is 2.13. The summed E-state index contributed by atoms with van der Waals surface area (Å²) in [7, 11) is -0.217. The summed E-state index contributed by atoms with van der Waals surface area (Å²) in [6.07, 6.45) is 6.31. The van der Waals surface area contributed by atoms with E-state index in [1.54, 1.807) is 18.4 Å². The van der Waals surface area contributed by atoms with E-state index in [1.807, 2.05) is 6.92 Å². The van der Waals surface area contributed by atoms with Crippen LogP contribution in [0.25, 0.3) is 0 Å². The van der Waals surface area contributed by atoms with Crippen molar-refractivity contribution >= 4 is 10.2 Å². The van der Waals surface area contributed by atoms with E-state index in [1.165, 1.54) is 36.4 Å². The Bertz CT molecular complexity index is 697. The van der Waals surface area contributed by atoms with Crippen LogP contribution in [-0.2, 0) is 16.8 Å². The topological polar surface area (TPSA) is 69.9 Å². The molecule has 7 nitrogen and oxygen atoms in total. The van der Waals surface area contributed by atoms with Crippen LogP contribution < -0.4 is 0 Å². The second-order valence-corrected chi connectivity index (χ2v) is 10.0. The summed E-state index contributed by atoms with van der Waals surface area (Å²) in [6.45, 7) is 5.93. The highest BCUT2D eigenvalue weighted by Gasteiger charge is 2.38. The molecular weight excluding hydrogens is 352 g/mol. The highest BCUT2D eigenvalue weighted by Crippen LogP contribution is 2.32. The van der Waals surface area contributed by atoms with Crippen LogP contribution in [0, 0.1) is 0 Å². The van der Waals surface area contributed by atoms with Crippen LogP contribution in [0.5, 0.6) is 0 Å². The maximum atomic E-state index is 12.5. The van der Waals surface area contributed by atoms with Gasteiger partial charge in [0.2, 0.25) is 0 Å². The van der Waals surface area contributed by atoms with Crippen molar-refractivity contribution in [1.82, 2.24) is 18.7 Å². The SMILES string of the molecule is C[C@@H]1[C@@H](C)N(S(=O)(=O)N(C)C)CCN1Cc1cc(C2CCCCC2)no1. The molecule has 26 heavy (non-hydrogen) atoms. The Morgan fingerprint density at radius 3 is 2.50 bits per heavy atom. The summed E-state index contributed by atoms with van der Waals surface area (Å²) in [4.78, 5) is 2.29. The first-order valence-corrected chi connectivity index (χ1v) is 11.1. The third kappa shape index (κ3) is 3.98. The molecule has 2 fully saturated rings. The van der Waals surface area contributed by atoms with E-state index in [4.69, 9.17) is 4.52 Å². The summed E-state index contributed by atoms with van der Waals surface area (Å²) in [5, 5.41) is 4.31. The van der Waals surface area contributed by atoms with Crippen molar-refractivity contribution in [3.63, 3.8) is 0 Å². The highest BCUT2D eigenvalue weighted by molar-refractivity contribution is 7.86. The Kier molecular flexibility index (Phi) is 6.06. The van der Waals surface area contributed by atoms with E-state index in [0.29, 0.717) is 25.6 Å². The average Bonchev–Trinajstić information content (AvgIpc) is 3.08. The quantitative estimate of drug-likeness (QED) is 0.780. The lowest BCUT2D eigenvalue weighted by atomic mass is 9.87. The number of piperazine rings is 1. The van der Waals surface area contributed by atoms with Crippen LogP contribution >= 0.6 is 0 Å². The summed E-state index contributed by atoms with van der Waals surface area (Å²) >= 11 is 0. The highest BCUT2D eigenvalue weighted by atomic mass is 32.2. The van der Waals surface area contributed by atoms with Crippen molar-refractivity contribution in [3.05, 3.63) is 17.5 Å². The molecule has 0 amide bonds. The van der Waals surface area contributed by atoms with E-state index in [2.05, 4.69) is 23.0 Å². The Balaban J connectivity index is 1.64. The molecule has 0 unspecified atom stereocenters. The van der Waals surface area contributed by atoms with Crippen LogP contribution in [0.1, 0.15) is 63.3 Å². The maximum absolute atomic E-state index is 12.5. The molecular formula is C18H32N4O3S. The Morgan fingerprint density at radius 2 is 1.85 bits per heavy atom. The third-order valence-electron chi connectivity index (χ3n) is 6.05. The molecule has 1 aliphatic heterocycles. The first-order chi connectivity index (χ1) is 12.3. The summed E-state index contributed by atoms with van der Waals surface area (Å²) < 4.78 is 33.5. The van der Waals surface area contributed by atoms with Gasteiger partial charge in [-0.15, -0.1) is 0 Å². The van der Waals surface area contributed by atoms with Crippen molar-refractivity contribution in [2.75, 3.05) is 27.2 Å². The second kappa shape index (κ2) is 7.96. The standard InChI is InChI=1S/C18H32N4O3S/c1-14-15(2)22(26(23,24)20(3)4)11-10-21(14)13-17-12-18(19-25-17)16-8-6-5-7-9-16/h12,14-16H,5-11,13H2,1-4H3/t14-,15-/m1/s1. The van der Waals surface area contributed by atoms with Gasteiger partial charge in [0, 0.05) is 51.3 Å². The zero-order valence-corrected chi connectivity index (χ0v) is 17.2. The van der Waals surface area contributed by atoms with Gasteiger partial charge < -0.3 is 4.52 Å². The molecule has 1 aromatic heterocycles. The van der Waals surface area contributed by atoms with Gasteiger partial charge in [0.25, 0.3) is 10.2 Å². The molecule has 0 radical (unpaired) electrons. The van der Waals surface area contributed by atoms with Gasteiger partial charge in [0.1, 0.15) is 0 Å². The largest absolute Gasteiger partial charge is 0.360 e. The molecule has 2 heterocycles. The van der Waals surface area contributed by atoms with E-state index in [-0.39, 0.29) is 12.1 Å². The van der Waals surface area contributed by atoms with Crippen molar-refractivity contribution < 1.29 is 12.9 Å². The molecule has 1 aliphatic carbocycles. The molecule has 0 N–H and O–H groups in total. The van der Waals surface area contributed by atoms with Crippen molar-refractivity contribution in [2.24, 2.45) is 0 Å². The van der Waals surface area contributed by atoms with E-state index in [9.17, 15) is 8.42 Å². The number of rotatable bonds is 5. The number of hydrogen-bond acceptors (Lipinski definition) is 5. The van der Waals surface area contributed by atoms with Gasteiger partial charge in [-0.3, -0.25) is 4.90 Å². The van der Waals surface area contributed by atoms with Gasteiger partial charge >= 0.3 is 0 Å². The van der Waals surface area contributed by atoms with Crippen LogP contribution in [-0.4, -0.2) is 66.4 Å². The molecule has 0 aromatic carbocycles. The van der Waals surface area contributed by atoms with Crippen LogP contribution in [0.2, 0.25) is 0 Å². The fourth-order valence-electron chi connectivity index (χ4n) is 4.13. The molecule has 148 valence electrons. The molecule has 0 spiro atoms. The van der Waals surface area contributed by atoms with Crippen molar-refractivity contribution in [2.45, 2.75) is 70.5 Å².